The molecule has 0 radical (unpaired) electrons. The monoisotopic (exact) mass is 386 g/mol. The first-order valence-corrected chi connectivity index (χ1v) is 10.4. The van der Waals surface area contributed by atoms with E-state index in [1.54, 1.807) is 29.5 Å². The zero-order chi connectivity index (χ0) is 17.0. The van der Waals surface area contributed by atoms with E-state index in [0.717, 1.165) is 18.0 Å². The Kier molecular flexibility index (Phi) is 5.91. The molecule has 1 atom stereocenters. The van der Waals surface area contributed by atoms with Crippen LogP contribution in [-0.4, -0.2) is 46.2 Å². The van der Waals surface area contributed by atoms with Gasteiger partial charge in [0.15, 0.2) is 0 Å². The summed E-state index contributed by atoms with van der Waals surface area (Å²) in [6, 6.07) is 10.3. The van der Waals surface area contributed by atoms with E-state index in [0.29, 0.717) is 24.8 Å². The van der Waals surface area contributed by atoms with Gasteiger partial charge in [0.2, 0.25) is 10.0 Å². The average Bonchev–Trinajstić information content (AvgIpc) is 3.10. The highest BCUT2D eigenvalue weighted by atomic mass is 35.5. The topological polar surface area (TPSA) is 58.6 Å². The molecule has 0 aliphatic carbocycles. The summed E-state index contributed by atoms with van der Waals surface area (Å²) in [6.45, 7) is 3.24. The molecule has 0 amide bonds. The summed E-state index contributed by atoms with van der Waals surface area (Å²) in [6.07, 6.45) is 0. The average molecular weight is 387 g/mol. The van der Waals surface area contributed by atoms with E-state index in [9.17, 15) is 8.42 Å². The number of ether oxygens (including phenoxy) is 1. The molecule has 2 aromatic rings. The summed E-state index contributed by atoms with van der Waals surface area (Å²) < 4.78 is 33.2. The van der Waals surface area contributed by atoms with Gasteiger partial charge in [-0.05, 0) is 29.6 Å². The summed E-state index contributed by atoms with van der Waals surface area (Å²) in [4.78, 5) is 3.59. The van der Waals surface area contributed by atoms with Gasteiger partial charge in [0, 0.05) is 29.5 Å². The molecule has 130 valence electrons. The SMILES string of the molecule is O=S(=O)(NCC(c1cccs1)N1CCOCC1)c1cccc(Cl)c1. The van der Waals surface area contributed by atoms with Crippen molar-refractivity contribution in [1.29, 1.82) is 0 Å². The lowest BCUT2D eigenvalue weighted by atomic mass is 10.2. The fourth-order valence-corrected chi connectivity index (χ4v) is 4.89. The Labute approximate surface area is 151 Å². The van der Waals surface area contributed by atoms with Crippen molar-refractivity contribution in [2.75, 3.05) is 32.8 Å². The molecule has 0 spiro atoms. The number of morpholine rings is 1. The van der Waals surface area contributed by atoms with Gasteiger partial charge in [0.1, 0.15) is 0 Å². The third-order valence-corrected chi connectivity index (χ3v) is 6.56. The highest BCUT2D eigenvalue weighted by Crippen LogP contribution is 2.26. The second-order valence-electron chi connectivity index (χ2n) is 5.49. The first-order chi connectivity index (χ1) is 11.6. The second-order valence-corrected chi connectivity index (χ2v) is 8.67. The van der Waals surface area contributed by atoms with Gasteiger partial charge in [0.05, 0.1) is 24.2 Å². The lowest BCUT2D eigenvalue weighted by molar-refractivity contribution is 0.0179. The Bertz CT molecular complexity index is 759. The van der Waals surface area contributed by atoms with E-state index in [1.807, 2.05) is 17.5 Å². The Morgan fingerprint density at radius 1 is 1.25 bits per heavy atom. The molecule has 1 aliphatic heterocycles. The number of nitrogens with zero attached hydrogens (tertiary/aromatic N) is 1. The summed E-state index contributed by atoms with van der Waals surface area (Å²) in [5, 5.41) is 2.41. The smallest absolute Gasteiger partial charge is 0.240 e. The molecule has 2 heterocycles. The third kappa shape index (κ3) is 4.36. The predicted octanol–water partition coefficient (Wildman–Crippen LogP) is 2.75. The summed E-state index contributed by atoms with van der Waals surface area (Å²) >= 11 is 7.54. The number of rotatable bonds is 6. The summed E-state index contributed by atoms with van der Waals surface area (Å²) in [7, 11) is -3.60. The molecule has 1 aromatic carbocycles. The van der Waals surface area contributed by atoms with Crippen LogP contribution in [0, 0.1) is 0 Å². The molecule has 5 nitrogen and oxygen atoms in total. The second kappa shape index (κ2) is 7.95. The minimum absolute atomic E-state index is 0.00265. The molecular weight excluding hydrogens is 368 g/mol. The lowest BCUT2D eigenvalue weighted by Gasteiger charge is -2.34. The van der Waals surface area contributed by atoms with Crippen molar-refractivity contribution in [3.8, 4) is 0 Å². The van der Waals surface area contributed by atoms with Crippen molar-refractivity contribution in [3.05, 3.63) is 51.7 Å². The van der Waals surface area contributed by atoms with Crippen molar-refractivity contribution in [1.82, 2.24) is 9.62 Å². The van der Waals surface area contributed by atoms with Gasteiger partial charge >= 0.3 is 0 Å². The highest BCUT2D eigenvalue weighted by Gasteiger charge is 2.25. The molecule has 1 aromatic heterocycles. The molecular formula is C16H19ClN2O3S2. The lowest BCUT2D eigenvalue weighted by Crippen LogP contribution is -2.43. The van der Waals surface area contributed by atoms with E-state index < -0.39 is 10.0 Å². The molecule has 24 heavy (non-hydrogen) atoms. The van der Waals surface area contributed by atoms with Gasteiger partial charge in [0.25, 0.3) is 0 Å². The van der Waals surface area contributed by atoms with E-state index >= 15 is 0 Å². The van der Waals surface area contributed by atoms with Crippen LogP contribution in [0.5, 0.6) is 0 Å². The molecule has 1 N–H and O–H groups in total. The van der Waals surface area contributed by atoms with Crippen LogP contribution in [0.3, 0.4) is 0 Å². The van der Waals surface area contributed by atoms with Crippen LogP contribution in [0.2, 0.25) is 5.02 Å². The van der Waals surface area contributed by atoms with Gasteiger partial charge in [-0.1, -0.05) is 23.7 Å². The number of thiophene rings is 1. The zero-order valence-corrected chi connectivity index (χ0v) is 15.4. The standard InChI is InChI=1S/C16H19ClN2O3S2/c17-13-3-1-4-14(11-13)24(20,21)18-12-15(16-5-2-10-23-16)19-6-8-22-9-7-19/h1-5,10-11,15,18H,6-9,12H2. The number of halogens is 1. The van der Waals surface area contributed by atoms with Crippen LogP contribution >= 0.6 is 22.9 Å². The largest absolute Gasteiger partial charge is 0.379 e. The van der Waals surface area contributed by atoms with Crippen molar-refractivity contribution in [3.63, 3.8) is 0 Å². The molecule has 1 aliphatic rings. The van der Waals surface area contributed by atoms with Gasteiger partial charge < -0.3 is 4.74 Å². The minimum Gasteiger partial charge on any atom is -0.379 e. The quantitative estimate of drug-likeness (QED) is 0.829. The van der Waals surface area contributed by atoms with E-state index in [4.69, 9.17) is 16.3 Å². The van der Waals surface area contributed by atoms with Crippen LogP contribution in [0.25, 0.3) is 0 Å². The number of hydrogen-bond acceptors (Lipinski definition) is 5. The number of hydrogen-bond donors (Lipinski definition) is 1. The van der Waals surface area contributed by atoms with Crippen LogP contribution in [0.4, 0.5) is 0 Å². The van der Waals surface area contributed by atoms with Crippen molar-refractivity contribution in [2.45, 2.75) is 10.9 Å². The maximum atomic E-state index is 12.5. The van der Waals surface area contributed by atoms with E-state index in [1.165, 1.54) is 6.07 Å². The van der Waals surface area contributed by atoms with Crippen LogP contribution < -0.4 is 4.72 Å². The van der Waals surface area contributed by atoms with Gasteiger partial charge in [-0.15, -0.1) is 11.3 Å². The van der Waals surface area contributed by atoms with Gasteiger partial charge in [-0.3, -0.25) is 4.90 Å². The van der Waals surface area contributed by atoms with Gasteiger partial charge in [-0.25, -0.2) is 13.1 Å². The Balaban J connectivity index is 1.75. The predicted molar refractivity (Wildman–Crippen MR) is 96.1 cm³/mol. The van der Waals surface area contributed by atoms with Crippen LogP contribution in [0.15, 0.2) is 46.7 Å². The maximum Gasteiger partial charge on any atom is 0.240 e. The first kappa shape index (κ1) is 17.8. The van der Waals surface area contributed by atoms with Crippen molar-refractivity contribution < 1.29 is 13.2 Å². The molecule has 0 saturated carbocycles. The fraction of sp³-hybridized carbons (Fsp3) is 0.375. The van der Waals surface area contributed by atoms with E-state index in [-0.39, 0.29) is 10.9 Å². The molecule has 1 fully saturated rings. The highest BCUT2D eigenvalue weighted by molar-refractivity contribution is 7.89. The number of nitrogens with one attached hydrogen (secondary N) is 1. The zero-order valence-electron chi connectivity index (χ0n) is 13.0. The Morgan fingerprint density at radius 3 is 2.71 bits per heavy atom. The van der Waals surface area contributed by atoms with E-state index in [2.05, 4.69) is 9.62 Å². The summed E-state index contributed by atoms with van der Waals surface area (Å²) in [5.74, 6) is 0. The van der Waals surface area contributed by atoms with Crippen molar-refractivity contribution >= 4 is 33.0 Å². The summed E-state index contributed by atoms with van der Waals surface area (Å²) in [5.41, 5.74) is 0. The Hall–Kier alpha value is -0.960. The normalized spacial score (nSPS) is 17.7. The maximum absolute atomic E-state index is 12.5. The van der Waals surface area contributed by atoms with Crippen molar-refractivity contribution in [2.24, 2.45) is 0 Å². The van der Waals surface area contributed by atoms with Gasteiger partial charge in [-0.2, -0.15) is 0 Å². The van der Waals surface area contributed by atoms with Crippen LogP contribution in [0.1, 0.15) is 10.9 Å². The third-order valence-electron chi connectivity index (χ3n) is 3.93. The van der Waals surface area contributed by atoms with Crippen LogP contribution in [-0.2, 0) is 14.8 Å². The first-order valence-electron chi connectivity index (χ1n) is 7.67. The molecule has 8 heteroatoms. The number of sulfonamides is 1. The Morgan fingerprint density at radius 2 is 2.04 bits per heavy atom. The molecule has 0 bridgehead atoms. The minimum atomic E-state index is -3.60. The molecule has 1 unspecified atom stereocenters. The number of benzene rings is 1. The molecule has 3 rings (SSSR count). The fourth-order valence-electron chi connectivity index (χ4n) is 2.69. The molecule has 1 saturated heterocycles.